The number of aliphatic hydroxyl groups excluding tert-OH is 1. The zero-order chi connectivity index (χ0) is 15.8. The fourth-order valence-corrected chi connectivity index (χ4v) is 3.57. The van der Waals surface area contributed by atoms with E-state index in [2.05, 4.69) is 0 Å². The normalized spacial score (nSPS) is 36.5. The van der Waals surface area contributed by atoms with Crippen LogP contribution in [0.2, 0.25) is 0 Å². The van der Waals surface area contributed by atoms with Crippen molar-refractivity contribution in [2.45, 2.75) is 32.3 Å². The average Bonchev–Trinajstić information content (AvgIpc) is 2.59. The van der Waals surface area contributed by atoms with Crippen molar-refractivity contribution in [3.05, 3.63) is 11.6 Å². The maximum atomic E-state index is 12.2. The second-order valence-corrected chi connectivity index (χ2v) is 6.37. The number of carbonyl (C=O) groups excluding carboxylic acids is 1. The van der Waals surface area contributed by atoms with Crippen molar-refractivity contribution < 1.29 is 29.6 Å². The van der Waals surface area contributed by atoms with Gasteiger partial charge in [0, 0.05) is 0 Å². The van der Waals surface area contributed by atoms with Gasteiger partial charge >= 0.3 is 11.9 Å². The molecule has 0 aromatic rings. The Hall–Kier alpha value is -1.40. The van der Waals surface area contributed by atoms with Crippen LogP contribution < -0.4 is 0 Å². The number of hydrogen-bond donors (Lipinski definition) is 3. The summed E-state index contributed by atoms with van der Waals surface area (Å²) in [4.78, 5) is 23.5. The molecule has 21 heavy (non-hydrogen) atoms. The first-order valence-electron chi connectivity index (χ1n) is 7.24. The van der Waals surface area contributed by atoms with Gasteiger partial charge in [-0.1, -0.05) is 19.9 Å². The molecule has 2 aliphatic rings. The van der Waals surface area contributed by atoms with Gasteiger partial charge in [-0.25, -0.2) is 4.79 Å². The smallest absolute Gasteiger partial charge is 0.334 e. The Kier molecular flexibility index (Phi) is 4.39. The summed E-state index contributed by atoms with van der Waals surface area (Å²) in [5.41, 5.74) is -1.51. The fraction of sp³-hybridized carbons (Fsp3) is 0.733. The lowest BCUT2D eigenvalue weighted by molar-refractivity contribution is -0.174. The van der Waals surface area contributed by atoms with Crippen LogP contribution in [0.4, 0.5) is 0 Å². The summed E-state index contributed by atoms with van der Waals surface area (Å²) in [6, 6.07) is 0. The van der Waals surface area contributed by atoms with Crippen LogP contribution in [-0.2, 0) is 14.3 Å². The molecular formula is C15H22O6. The number of esters is 1. The van der Waals surface area contributed by atoms with Gasteiger partial charge in [0.2, 0.25) is 0 Å². The third-order valence-corrected chi connectivity index (χ3v) is 4.79. The van der Waals surface area contributed by atoms with E-state index >= 15 is 0 Å². The molecule has 4 atom stereocenters. The van der Waals surface area contributed by atoms with E-state index in [1.54, 1.807) is 6.08 Å². The Morgan fingerprint density at radius 1 is 1.52 bits per heavy atom. The number of carbonyl (C=O) groups is 2. The molecule has 3 N–H and O–H groups in total. The summed E-state index contributed by atoms with van der Waals surface area (Å²) in [7, 11) is 0. The van der Waals surface area contributed by atoms with Crippen molar-refractivity contribution in [1.82, 2.24) is 0 Å². The number of hydrogen-bond acceptors (Lipinski definition) is 5. The van der Waals surface area contributed by atoms with Crippen LogP contribution in [0, 0.1) is 23.7 Å². The first-order valence-corrected chi connectivity index (χ1v) is 7.24. The van der Waals surface area contributed by atoms with Crippen molar-refractivity contribution >= 4 is 11.9 Å². The molecule has 0 amide bonds. The van der Waals surface area contributed by atoms with Gasteiger partial charge in [-0.05, 0) is 30.6 Å². The molecule has 6 heteroatoms. The molecular weight excluding hydrogens is 276 g/mol. The third-order valence-electron chi connectivity index (χ3n) is 4.79. The molecule has 1 aliphatic carbocycles. The zero-order valence-electron chi connectivity index (χ0n) is 12.3. The maximum Gasteiger partial charge on any atom is 0.334 e. The quantitative estimate of drug-likeness (QED) is 0.658. The summed E-state index contributed by atoms with van der Waals surface area (Å²) in [5.74, 6) is -2.80. The van der Waals surface area contributed by atoms with E-state index in [1.807, 2.05) is 13.8 Å². The summed E-state index contributed by atoms with van der Waals surface area (Å²) in [6.45, 7) is 3.18. The van der Waals surface area contributed by atoms with E-state index in [-0.39, 0.29) is 24.0 Å². The van der Waals surface area contributed by atoms with Crippen molar-refractivity contribution in [3.63, 3.8) is 0 Å². The van der Waals surface area contributed by atoms with E-state index in [4.69, 9.17) is 4.74 Å². The predicted octanol–water partition coefficient (Wildman–Crippen LogP) is 0.576. The van der Waals surface area contributed by atoms with E-state index in [0.717, 1.165) is 0 Å². The topological polar surface area (TPSA) is 104 Å². The van der Waals surface area contributed by atoms with Crippen molar-refractivity contribution in [2.24, 2.45) is 23.7 Å². The number of carboxylic acid groups (broad SMARTS) is 1. The number of rotatable bonds is 3. The van der Waals surface area contributed by atoms with Crippen molar-refractivity contribution in [3.8, 4) is 0 Å². The summed E-state index contributed by atoms with van der Waals surface area (Å²) < 4.78 is 5.01. The SMILES string of the molecule is CC(C)C1CCC(O)(CO)C2C(=O)OCC(C(=O)O)=CC12. The molecule has 6 nitrogen and oxygen atoms in total. The van der Waals surface area contributed by atoms with E-state index in [9.17, 15) is 24.9 Å². The van der Waals surface area contributed by atoms with Gasteiger partial charge in [0.25, 0.3) is 0 Å². The van der Waals surface area contributed by atoms with Crippen LogP contribution in [0.3, 0.4) is 0 Å². The molecule has 4 unspecified atom stereocenters. The molecule has 1 saturated carbocycles. The Morgan fingerprint density at radius 3 is 2.71 bits per heavy atom. The van der Waals surface area contributed by atoms with Gasteiger partial charge in [-0.2, -0.15) is 0 Å². The highest BCUT2D eigenvalue weighted by molar-refractivity contribution is 5.88. The van der Waals surface area contributed by atoms with Crippen molar-refractivity contribution in [1.29, 1.82) is 0 Å². The Bertz CT molecular complexity index is 469. The number of aliphatic carboxylic acids is 1. The summed E-state index contributed by atoms with van der Waals surface area (Å²) in [6.07, 6.45) is 2.48. The van der Waals surface area contributed by atoms with Crippen LogP contribution in [0.25, 0.3) is 0 Å². The first-order chi connectivity index (χ1) is 9.80. The summed E-state index contributed by atoms with van der Waals surface area (Å²) in [5, 5.41) is 29.3. The third kappa shape index (κ3) is 2.82. The Morgan fingerprint density at radius 2 is 2.19 bits per heavy atom. The van der Waals surface area contributed by atoms with Gasteiger partial charge in [0.1, 0.15) is 12.2 Å². The zero-order valence-corrected chi connectivity index (χ0v) is 12.3. The summed E-state index contributed by atoms with van der Waals surface area (Å²) >= 11 is 0. The molecule has 1 fully saturated rings. The number of fused-ring (bicyclic) bond motifs is 1. The second-order valence-electron chi connectivity index (χ2n) is 6.37. The Balaban J connectivity index is 2.48. The van der Waals surface area contributed by atoms with E-state index in [1.165, 1.54) is 0 Å². The lowest BCUT2D eigenvalue weighted by Crippen LogP contribution is -2.54. The van der Waals surface area contributed by atoms with Gasteiger partial charge in [0.05, 0.1) is 18.1 Å². The molecule has 0 saturated heterocycles. The highest BCUT2D eigenvalue weighted by atomic mass is 16.5. The van der Waals surface area contributed by atoms with E-state index < -0.39 is 36.0 Å². The standard InChI is InChI=1S/C15H22O6/c1-8(2)10-3-4-15(20,7-16)12-11(10)5-9(13(17)18)6-21-14(12)19/h5,8,10-12,16,20H,3-4,6-7H2,1-2H3,(H,17,18). The first kappa shape index (κ1) is 16.0. The highest BCUT2D eigenvalue weighted by Crippen LogP contribution is 2.46. The minimum Gasteiger partial charge on any atom is -0.478 e. The van der Waals surface area contributed by atoms with Crippen LogP contribution in [-0.4, -0.2) is 46.1 Å². The average molecular weight is 298 g/mol. The molecule has 1 heterocycles. The number of cyclic esters (lactones) is 1. The monoisotopic (exact) mass is 298 g/mol. The molecule has 0 aromatic heterocycles. The van der Waals surface area contributed by atoms with Gasteiger partial charge in [-0.15, -0.1) is 0 Å². The number of aliphatic hydroxyl groups is 2. The number of carboxylic acids is 1. The van der Waals surface area contributed by atoms with Gasteiger partial charge in [0.15, 0.2) is 0 Å². The molecule has 0 spiro atoms. The second kappa shape index (κ2) is 5.77. The van der Waals surface area contributed by atoms with Crippen LogP contribution >= 0.6 is 0 Å². The molecule has 0 aromatic carbocycles. The molecule has 1 aliphatic heterocycles. The molecule has 118 valence electrons. The maximum absolute atomic E-state index is 12.2. The number of allylic oxidation sites excluding steroid dienone is 1. The molecule has 0 radical (unpaired) electrons. The minimum absolute atomic E-state index is 0.0312. The Labute approximate surface area is 123 Å². The van der Waals surface area contributed by atoms with Crippen LogP contribution in [0.1, 0.15) is 26.7 Å². The lowest BCUT2D eigenvalue weighted by atomic mass is 9.61. The number of ether oxygens (including phenoxy) is 1. The van der Waals surface area contributed by atoms with Crippen LogP contribution in [0.15, 0.2) is 11.6 Å². The highest BCUT2D eigenvalue weighted by Gasteiger charge is 2.53. The van der Waals surface area contributed by atoms with Gasteiger partial charge in [-0.3, -0.25) is 4.79 Å². The largest absolute Gasteiger partial charge is 0.478 e. The lowest BCUT2D eigenvalue weighted by Gasteiger charge is -2.46. The molecule has 2 rings (SSSR count). The van der Waals surface area contributed by atoms with Crippen molar-refractivity contribution in [2.75, 3.05) is 13.2 Å². The fourth-order valence-electron chi connectivity index (χ4n) is 3.57. The molecule has 0 bridgehead atoms. The predicted molar refractivity (Wildman–Crippen MR) is 73.3 cm³/mol. The minimum atomic E-state index is -1.54. The van der Waals surface area contributed by atoms with Gasteiger partial charge < -0.3 is 20.1 Å². The van der Waals surface area contributed by atoms with E-state index in [0.29, 0.717) is 12.8 Å². The van der Waals surface area contributed by atoms with Crippen LogP contribution in [0.5, 0.6) is 0 Å².